The fourth-order valence-corrected chi connectivity index (χ4v) is 2.20. The Hall–Kier alpha value is -2.33. The van der Waals surface area contributed by atoms with Crippen molar-refractivity contribution in [1.29, 1.82) is 0 Å². The fraction of sp³-hybridized carbons (Fsp3) is 0.278. The van der Waals surface area contributed by atoms with Crippen LogP contribution in [-0.2, 0) is 6.54 Å². The second-order valence-corrected chi connectivity index (χ2v) is 5.38. The van der Waals surface area contributed by atoms with Gasteiger partial charge in [0.15, 0.2) is 0 Å². The molecule has 22 heavy (non-hydrogen) atoms. The quantitative estimate of drug-likeness (QED) is 0.824. The van der Waals surface area contributed by atoms with E-state index >= 15 is 0 Å². The lowest BCUT2D eigenvalue weighted by molar-refractivity contribution is 0.0696. The number of carbonyl (C=O) groups is 1. The van der Waals surface area contributed by atoms with Crippen LogP contribution in [0.25, 0.3) is 0 Å². The number of carboxylic acid groups (broad SMARTS) is 1. The highest BCUT2D eigenvalue weighted by Gasteiger charge is 2.06. The minimum Gasteiger partial charge on any atom is -0.489 e. The lowest BCUT2D eigenvalue weighted by Gasteiger charge is -2.16. The van der Waals surface area contributed by atoms with Gasteiger partial charge in [-0.15, -0.1) is 0 Å². The maximum absolute atomic E-state index is 10.9. The van der Waals surface area contributed by atoms with Gasteiger partial charge in [-0.25, -0.2) is 4.79 Å². The van der Waals surface area contributed by atoms with Gasteiger partial charge >= 0.3 is 5.97 Å². The summed E-state index contributed by atoms with van der Waals surface area (Å²) in [5.74, 6) is -0.0415. The van der Waals surface area contributed by atoms with E-state index in [1.165, 1.54) is 5.56 Å². The molecule has 2 aromatic rings. The van der Waals surface area contributed by atoms with E-state index < -0.39 is 5.97 Å². The molecule has 1 unspecified atom stereocenters. The van der Waals surface area contributed by atoms with Crippen LogP contribution in [-0.4, -0.2) is 23.7 Å². The summed E-state index contributed by atoms with van der Waals surface area (Å²) < 4.78 is 5.84. The molecule has 2 aromatic carbocycles. The van der Waals surface area contributed by atoms with E-state index in [9.17, 15) is 4.79 Å². The van der Waals surface area contributed by atoms with Gasteiger partial charge in [0.25, 0.3) is 0 Å². The SMILES string of the molecule is Cc1cccc(OC(C)CNCc2cccc(C(=O)O)c2)c1. The Morgan fingerprint density at radius 2 is 2.00 bits per heavy atom. The first kappa shape index (κ1) is 16.0. The smallest absolute Gasteiger partial charge is 0.335 e. The van der Waals surface area contributed by atoms with Crippen LogP contribution in [0.1, 0.15) is 28.4 Å². The zero-order valence-corrected chi connectivity index (χ0v) is 12.9. The highest BCUT2D eigenvalue weighted by molar-refractivity contribution is 5.87. The van der Waals surface area contributed by atoms with Gasteiger partial charge in [0.1, 0.15) is 11.9 Å². The predicted molar refractivity (Wildman–Crippen MR) is 86.4 cm³/mol. The Kier molecular flexibility index (Phi) is 5.55. The number of aryl methyl sites for hydroxylation is 1. The first-order valence-electron chi connectivity index (χ1n) is 7.31. The van der Waals surface area contributed by atoms with Crippen molar-refractivity contribution in [3.63, 3.8) is 0 Å². The number of nitrogens with one attached hydrogen (secondary N) is 1. The van der Waals surface area contributed by atoms with Crippen LogP contribution in [0.5, 0.6) is 5.75 Å². The Balaban J connectivity index is 1.80. The molecule has 2 N–H and O–H groups in total. The molecule has 0 saturated heterocycles. The summed E-state index contributed by atoms with van der Waals surface area (Å²) in [6, 6.07) is 14.9. The van der Waals surface area contributed by atoms with Crippen LogP contribution in [0.3, 0.4) is 0 Å². The first-order valence-corrected chi connectivity index (χ1v) is 7.31. The van der Waals surface area contributed by atoms with Crippen molar-refractivity contribution in [1.82, 2.24) is 5.32 Å². The fourth-order valence-electron chi connectivity index (χ4n) is 2.20. The number of aromatic carboxylic acids is 1. The number of rotatable bonds is 7. The van der Waals surface area contributed by atoms with Gasteiger partial charge in [-0.1, -0.05) is 24.3 Å². The van der Waals surface area contributed by atoms with E-state index in [-0.39, 0.29) is 6.10 Å². The standard InChI is InChI=1S/C18H21NO3/c1-13-5-3-8-17(9-13)22-14(2)11-19-12-15-6-4-7-16(10-15)18(20)21/h3-10,14,19H,11-12H2,1-2H3,(H,20,21). The van der Waals surface area contributed by atoms with Gasteiger partial charge in [-0.2, -0.15) is 0 Å². The number of ether oxygens (including phenoxy) is 1. The van der Waals surface area contributed by atoms with E-state index in [0.29, 0.717) is 18.7 Å². The molecule has 0 bridgehead atoms. The van der Waals surface area contributed by atoms with E-state index in [4.69, 9.17) is 9.84 Å². The van der Waals surface area contributed by atoms with Gasteiger partial charge in [0, 0.05) is 13.1 Å². The third-order valence-corrected chi connectivity index (χ3v) is 3.26. The minimum absolute atomic E-state index is 0.0319. The molecular weight excluding hydrogens is 278 g/mol. The summed E-state index contributed by atoms with van der Waals surface area (Å²) in [4.78, 5) is 10.9. The van der Waals surface area contributed by atoms with E-state index in [0.717, 1.165) is 11.3 Å². The first-order chi connectivity index (χ1) is 10.5. The van der Waals surface area contributed by atoms with Crippen molar-refractivity contribution in [2.24, 2.45) is 0 Å². The van der Waals surface area contributed by atoms with E-state index in [1.54, 1.807) is 18.2 Å². The molecule has 4 nitrogen and oxygen atoms in total. The zero-order chi connectivity index (χ0) is 15.9. The number of benzene rings is 2. The molecular formula is C18H21NO3. The van der Waals surface area contributed by atoms with Gasteiger partial charge in [0.2, 0.25) is 0 Å². The van der Waals surface area contributed by atoms with Gasteiger partial charge in [-0.05, 0) is 49.2 Å². The third kappa shape index (κ3) is 4.90. The van der Waals surface area contributed by atoms with Crippen molar-refractivity contribution in [2.75, 3.05) is 6.54 Å². The molecule has 2 rings (SSSR count). The molecule has 4 heteroatoms. The third-order valence-electron chi connectivity index (χ3n) is 3.26. The van der Waals surface area contributed by atoms with Gasteiger partial charge < -0.3 is 15.2 Å². The summed E-state index contributed by atoms with van der Waals surface area (Å²) in [5.41, 5.74) is 2.43. The summed E-state index contributed by atoms with van der Waals surface area (Å²) in [6.45, 7) is 5.34. The molecule has 0 heterocycles. The Morgan fingerprint density at radius 1 is 1.23 bits per heavy atom. The Labute approximate surface area is 130 Å². The molecule has 0 aromatic heterocycles. The molecule has 0 aliphatic heterocycles. The summed E-state index contributed by atoms with van der Waals surface area (Å²) in [7, 11) is 0. The van der Waals surface area contributed by atoms with Crippen LogP contribution >= 0.6 is 0 Å². The Morgan fingerprint density at radius 3 is 2.73 bits per heavy atom. The van der Waals surface area contributed by atoms with Crippen molar-refractivity contribution < 1.29 is 14.6 Å². The van der Waals surface area contributed by atoms with Crippen LogP contribution in [0.2, 0.25) is 0 Å². The van der Waals surface area contributed by atoms with Crippen molar-refractivity contribution in [3.8, 4) is 5.75 Å². The van der Waals surface area contributed by atoms with Gasteiger partial charge in [0.05, 0.1) is 5.56 Å². The molecule has 0 spiro atoms. The highest BCUT2D eigenvalue weighted by atomic mass is 16.5. The molecule has 0 amide bonds. The van der Waals surface area contributed by atoms with Crippen molar-refractivity contribution in [2.45, 2.75) is 26.5 Å². The van der Waals surface area contributed by atoms with E-state index in [2.05, 4.69) is 5.32 Å². The molecule has 0 aliphatic carbocycles. The predicted octanol–water partition coefficient (Wildman–Crippen LogP) is 3.25. The van der Waals surface area contributed by atoms with Crippen LogP contribution in [0, 0.1) is 6.92 Å². The maximum atomic E-state index is 10.9. The normalized spacial score (nSPS) is 11.9. The lowest BCUT2D eigenvalue weighted by atomic mass is 10.1. The van der Waals surface area contributed by atoms with Crippen LogP contribution < -0.4 is 10.1 Å². The molecule has 0 fully saturated rings. The zero-order valence-electron chi connectivity index (χ0n) is 12.9. The summed E-state index contributed by atoms with van der Waals surface area (Å²) in [5, 5.41) is 12.3. The number of hydrogen-bond donors (Lipinski definition) is 2. The minimum atomic E-state index is -0.905. The van der Waals surface area contributed by atoms with E-state index in [1.807, 2.05) is 44.2 Å². The highest BCUT2D eigenvalue weighted by Crippen LogP contribution is 2.14. The van der Waals surface area contributed by atoms with Gasteiger partial charge in [-0.3, -0.25) is 0 Å². The summed E-state index contributed by atoms with van der Waals surface area (Å²) in [6.07, 6.45) is 0.0319. The van der Waals surface area contributed by atoms with Crippen LogP contribution in [0.15, 0.2) is 48.5 Å². The lowest BCUT2D eigenvalue weighted by Crippen LogP contribution is -2.28. The maximum Gasteiger partial charge on any atom is 0.335 e. The number of carboxylic acids is 1. The largest absolute Gasteiger partial charge is 0.489 e. The summed E-state index contributed by atoms with van der Waals surface area (Å²) >= 11 is 0. The average molecular weight is 299 g/mol. The second kappa shape index (κ2) is 7.61. The molecule has 1 atom stereocenters. The average Bonchev–Trinajstić information content (AvgIpc) is 2.47. The van der Waals surface area contributed by atoms with Crippen LogP contribution in [0.4, 0.5) is 0 Å². The second-order valence-electron chi connectivity index (χ2n) is 5.38. The molecule has 0 radical (unpaired) electrons. The van der Waals surface area contributed by atoms with Crippen molar-refractivity contribution in [3.05, 3.63) is 65.2 Å². The molecule has 0 aliphatic rings. The molecule has 116 valence electrons. The van der Waals surface area contributed by atoms with Crippen molar-refractivity contribution >= 4 is 5.97 Å². The number of hydrogen-bond acceptors (Lipinski definition) is 3. The topological polar surface area (TPSA) is 58.6 Å². The molecule has 0 saturated carbocycles. The monoisotopic (exact) mass is 299 g/mol. The Bertz CT molecular complexity index is 640.